The Morgan fingerprint density at radius 3 is 2.30 bits per heavy atom. The van der Waals surface area contributed by atoms with Crippen LogP contribution in [0.1, 0.15) is 38.1 Å². The zero-order chi connectivity index (χ0) is 17.7. The number of non-ortho nitro benzene ring substituents is 1. The first-order valence-corrected chi connectivity index (χ1v) is 7.17. The van der Waals surface area contributed by atoms with Gasteiger partial charge in [0.15, 0.2) is 6.61 Å². The molecular weight excluding hydrogens is 302 g/mol. The van der Waals surface area contributed by atoms with Crippen LogP contribution in [0.2, 0.25) is 0 Å². The maximum Gasteiger partial charge on any atom is 0.341 e. The van der Waals surface area contributed by atoms with Crippen molar-refractivity contribution in [3.63, 3.8) is 0 Å². The number of amides is 1. The smallest absolute Gasteiger partial charge is 0.341 e. The second kappa shape index (κ2) is 7.57. The number of ether oxygens (including phenoxy) is 1. The molecule has 1 rings (SSSR count). The molecule has 23 heavy (non-hydrogen) atoms. The first-order valence-electron chi connectivity index (χ1n) is 7.17. The van der Waals surface area contributed by atoms with Gasteiger partial charge in [0.1, 0.15) is 0 Å². The number of anilines is 1. The first-order chi connectivity index (χ1) is 10.6. The predicted molar refractivity (Wildman–Crippen MR) is 84.9 cm³/mol. The van der Waals surface area contributed by atoms with Crippen molar-refractivity contribution in [3.05, 3.63) is 33.9 Å². The van der Waals surface area contributed by atoms with E-state index in [0.29, 0.717) is 0 Å². The molecule has 0 bridgehead atoms. The van der Waals surface area contributed by atoms with Crippen LogP contribution >= 0.6 is 0 Å². The summed E-state index contributed by atoms with van der Waals surface area (Å²) in [5, 5.41) is 10.7. The standard InChI is InChI=1S/C15H21N3O5/c1-9(2)17(10(3)4)14(19)8-23-15(20)12-7-11(18(21)22)5-6-13(12)16/h5-7,9-10H,8,16H2,1-4H3. The van der Waals surface area contributed by atoms with Crippen LogP contribution in [0, 0.1) is 10.1 Å². The number of rotatable bonds is 6. The van der Waals surface area contributed by atoms with Gasteiger partial charge in [0, 0.05) is 29.9 Å². The number of nitrogens with two attached hydrogens (primary N) is 1. The summed E-state index contributed by atoms with van der Waals surface area (Å²) in [4.78, 5) is 35.8. The lowest BCUT2D eigenvalue weighted by molar-refractivity contribution is -0.384. The van der Waals surface area contributed by atoms with E-state index in [4.69, 9.17) is 10.5 Å². The van der Waals surface area contributed by atoms with Crippen LogP contribution in [0.4, 0.5) is 11.4 Å². The van der Waals surface area contributed by atoms with Crippen LogP contribution in [0.3, 0.4) is 0 Å². The van der Waals surface area contributed by atoms with Gasteiger partial charge in [0.25, 0.3) is 11.6 Å². The number of carbonyl (C=O) groups is 2. The third-order valence-electron chi connectivity index (χ3n) is 3.20. The van der Waals surface area contributed by atoms with Gasteiger partial charge in [0.2, 0.25) is 0 Å². The van der Waals surface area contributed by atoms with E-state index in [0.717, 1.165) is 6.07 Å². The summed E-state index contributed by atoms with van der Waals surface area (Å²) >= 11 is 0. The van der Waals surface area contributed by atoms with Crippen molar-refractivity contribution in [1.82, 2.24) is 4.90 Å². The Bertz CT molecular complexity index is 605. The fourth-order valence-electron chi connectivity index (χ4n) is 2.29. The Kier molecular flexibility index (Phi) is 6.06. The molecule has 8 nitrogen and oxygen atoms in total. The summed E-state index contributed by atoms with van der Waals surface area (Å²) in [5.74, 6) is -1.21. The highest BCUT2D eigenvalue weighted by molar-refractivity contribution is 5.97. The lowest BCUT2D eigenvalue weighted by atomic mass is 10.1. The lowest BCUT2D eigenvalue weighted by Crippen LogP contribution is -2.44. The minimum atomic E-state index is -0.869. The summed E-state index contributed by atoms with van der Waals surface area (Å²) in [6, 6.07) is 3.40. The molecule has 1 amide bonds. The topological polar surface area (TPSA) is 116 Å². The highest BCUT2D eigenvalue weighted by Crippen LogP contribution is 2.20. The molecule has 0 aliphatic heterocycles. The number of nitrogen functional groups attached to an aromatic ring is 1. The highest BCUT2D eigenvalue weighted by atomic mass is 16.6. The van der Waals surface area contributed by atoms with E-state index in [-0.39, 0.29) is 34.9 Å². The number of nitro groups is 1. The molecule has 0 unspecified atom stereocenters. The molecule has 1 aromatic carbocycles. The van der Waals surface area contributed by atoms with Crippen molar-refractivity contribution >= 4 is 23.3 Å². The highest BCUT2D eigenvalue weighted by Gasteiger charge is 2.23. The molecule has 0 heterocycles. The van der Waals surface area contributed by atoms with E-state index >= 15 is 0 Å². The number of hydrogen-bond acceptors (Lipinski definition) is 6. The van der Waals surface area contributed by atoms with Crippen molar-refractivity contribution in [2.45, 2.75) is 39.8 Å². The van der Waals surface area contributed by atoms with Gasteiger partial charge in [-0.2, -0.15) is 0 Å². The van der Waals surface area contributed by atoms with E-state index in [2.05, 4.69) is 0 Å². The third kappa shape index (κ3) is 4.67. The van der Waals surface area contributed by atoms with Crippen molar-refractivity contribution in [2.24, 2.45) is 0 Å². The SMILES string of the molecule is CC(C)N(C(=O)COC(=O)c1cc([N+](=O)[O-])ccc1N)C(C)C. The molecular formula is C15H21N3O5. The molecule has 0 spiro atoms. The van der Waals surface area contributed by atoms with E-state index in [1.54, 1.807) is 4.90 Å². The molecule has 0 aromatic heterocycles. The van der Waals surface area contributed by atoms with Crippen LogP contribution in [0.5, 0.6) is 0 Å². The van der Waals surface area contributed by atoms with Crippen LogP contribution < -0.4 is 5.73 Å². The second-order valence-corrected chi connectivity index (χ2v) is 5.59. The Morgan fingerprint density at radius 2 is 1.83 bits per heavy atom. The van der Waals surface area contributed by atoms with Crippen LogP contribution in [0.15, 0.2) is 18.2 Å². The second-order valence-electron chi connectivity index (χ2n) is 5.59. The minimum Gasteiger partial charge on any atom is -0.452 e. The zero-order valence-electron chi connectivity index (χ0n) is 13.6. The molecule has 0 saturated carbocycles. The number of hydrogen-bond donors (Lipinski definition) is 1. The summed E-state index contributed by atoms with van der Waals surface area (Å²) in [6.45, 7) is 6.99. The quantitative estimate of drug-likeness (QED) is 0.370. The Labute approximate surface area is 134 Å². The first kappa shape index (κ1) is 18.4. The van der Waals surface area contributed by atoms with Gasteiger partial charge in [-0.3, -0.25) is 14.9 Å². The van der Waals surface area contributed by atoms with Gasteiger partial charge in [-0.05, 0) is 33.8 Å². The van der Waals surface area contributed by atoms with Crippen molar-refractivity contribution in [3.8, 4) is 0 Å². The van der Waals surface area contributed by atoms with Crippen molar-refractivity contribution in [2.75, 3.05) is 12.3 Å². The molecule has 0 fully saturated rings. The van der Waals surface area contributed by atoms with Gasteiger partial charge in [-0.25, -0.2) is 4.79 Å². The third-order valence-corrected chi connectivity index (χ3v) is 3.20. The molecule has 0 saturated heterocycles. The average Bonchev–Trinajstić information content (AvgIpc) is 2.44. The molecule has 1 aromatic rings. The summed E-state index contributed by atoms with van der Waals surface area (Å²) in [5.41, 5.74) is 5.28. The number of nitrogens with zero attached hydrogens (tertiary/aromatic N) is 2. The van der Waals surface area contributed by atoms with E-state index in [9.17, 15) is 19.7 Å². The summed E-state index contributed by atoms with van der Waals surface area (Å²) in [7, 11) is 0. The lowest BCUT2D eigenvalue weighted by Gasteiger charge is -2.30. The predicted octanol–water partition coefficient (Wildman–Crippen LogP) is 1.98. The minimum absolute atomic E-state index is 0.0379. The molecule has 0 aliphatic carbocycles. The fourth-order valence-corrected chi connectivity index (χ4v) is 2.29. The molecule has 8 heteroatoms. The summed E-state index contributed by atoms with van der Waals surface area (Å²) < 4.78 is 4.95. The van der Waals surface area contributed by atoms with Gasteiger partial charge < -0.3 is 15.4 Å². The summed E-state index contributed by atoms with van der Waals surface area (Å²) in [6.07, 6.45) is 0. The van der Waals surface area contributed by atoms with Crippen LogP contribution in [-0.4, -0.2) is 40.4 Å². The number of esters is 1. The van der Waals surface area contributed by atoms with E-state index < -0.39 is 17.5 Å². The number of benzene rings is 1. The number of nitro benzene ring substituents is 1. The Balaban J connectivity index is 2.83. The number of carbonyl (C=O) groups excluding carboxylic acids is 2. The molecule has 0 radical (unpaired) electrons. The monoisotopic (exact) mass is 323 g/mol. The molecule has 0 aliphatic rings. The van der Waals surface area contributed by atoms with Crippen LogP contribution in [-0.2, 0) is 9.53 Å². The van der Waals surface area contributed by atoms with Gasteiger partial charge >= 0.3 is 5.97 Å². The van der Waals surface area contributed by atoms with Gasteiger partial charge in [0.05, 0.1) is 10.5 Å². The molecule has 0 atom stereocenters. The molecule has 126 valence electrons. The van der Waals surface area contributed by atoms with Crippen molar-refractivity contribution < 1.29 is 19.2 Å². The fraction of sp³-hybridized carbons (Fsp3) is 0.467. The Morgan fingerprint density at radius 1 is 1.26 bits per heavy atom. The maximum atomic E-state index is 12.1. The Hall–Kier alpha value is -2.64. The van der Waals surface area contributed by atoms with Gasteiger partial charge in [-0.1, -0.05) is 0 Å². The average molecular weight is 323 g/mol. The van der Waals surface area contributed by atoms with E-state index in [1.165, 1.54) is 12.1 Å². The molecule has 2 N–H and O–H groups in total. The van der Waals surface area contributed by atoms with Gasteiger partial charge in [-0.15, -0.1) is 0 Å². The van der Waals surface area contributed by atoms with Crippen LogP contribution in [0.25, 0.3) is 0 Å². The normalized spacial score (nSPS) is 10.7. The van der Waals surface area contributed by atoms with Crippen molar-refractivity contribution in [1.29, 1.82) is 0 Å². The van der Waals surface area contributed by atoms with E-state index in [1.807, 2.05) is 27.7 Å². The largest absolute Gasteiger partial charge is 0.452 e. The zero-order valence-corrected chi connectivity index (χ0v) is 13.6. The maximum absolute atomic E-state index is 12.1.